The molecule has 0 saturated heterocycles. The van der Waals surface area contributed by atoms with Crippen molar-refractivity contribution in [3.63, 3.8) is 0 Å². The van der Waals surface area contributed by atoms with Crippen LogP contribution >= 0.6 is 0 Å². The van der Waals surface area contributed by atoms with Gasteiger partial charge in [-0.1, -0.05) is 159 Å². The van der Waals surface area contributed by atoms with Crippen LogP contribution in [0.15, 0.2) is 158 Å². The van der Waals surface area contributed by atoms with E-state index < -0.39 is 0 Å². The van der Waals surface area contributed by atoms with Crippen molar-refractivity contribution in [2.24, 2.45) is 0 Å². The van der Waals surface area contributed by atoms with Gasteiger partial charge in [0.15, 0.2) is 17.5 Å². The Labute approximate surface area is 292 Å². The lowest BCUT2D eigenvalue weighted by molar-refractivity contribution is 0.346. The highest BCUT2D eigenvalue weighted by atomic mass is 15.0. The van der Waals surface area contributed by atoms with Gasteiger partial charge in [0.05, 0.1) is 5.52 Å². The summed E-state index contributed by atoms with van der Waals surface area (Å²) in [6, 6.07) is 53.9. The second-order valence-corrected chi connectivity index (χ2v) is 13.4. The molecule has 0 spiro atoms. The van der Waals surface area contributed by atoms with Crippen molar-refractivity contribution < 1.29 is 0 Å². The van der Waals surface area contributed by atoms with Crippen LogP contribution in [0.2, 0.25) is 0 Å². The van der Waals surface area contributed by atoms with E-state index in [1.165, 1.54) is 46.9 Å². The summed E-state index contributed by atoms with van der Waals surface area (Å²) >= 11 is 0. The minimum atomic E-state index is -0.0309. The molecule has 1 aliphatic carbocycles. The topological polar surface area (TPSA) is 51.6 Å². The van der Waals surface area contributed by atoms with Gasteiger partial charge in [0.2, 0.25) is 0 Å². The van der Waals surface area contributed by atoms with E-state index in [1.54, 1.807) is 0 Å². The molecule has 2 heterocycles. The summed E-state index contributed by atoms with van der Waals surface area (Å²) in [7, 11) is 0. The van der Waals surface area contributed by atoms with Crippen LogP contribution in [0.3, 0.4) is 0 Å². The first-order chi connectivity index (χ1) is 24.7. The van der Waals surface area contributed by atoms with Gasteiger partial charge in [-0.05, 0) is 52.4 Å². The Morgan fingerprint density at radius 3 is 1.68 bits per heavy atom. The van der Waals surface area contributed by atoms with Crippen molar-refractivity contribution in [1.29, 1.82) is 0 Å². The van der Waals surface area contributed by atoms with Crippen molar-refractivity contribution in [1.82, 2.24) is 19.9 Å². The van der Waals surface area contributed by atoms with E-state index in [-0.39, 0.29) is 5.41 Å². The highest BCUT2D eigenvalue weighted by molar-refractivity contribution is 5.93. The van der Waals surface area contributed by atoms with Crippen LogP contribution in [0.25, 0.3) is 67.0 Å². The van der Waals surface area contributed by atoms with Crippen LogP contribution < -0.4 is 0 Å². The molecule has 1 saturated carbocycles. The van der Waals surface area contributed by atoms with Crippen molar-refractivity contribution in [2.75, 3.05) is 0 Å². The Hall–Kier alpha value is -6.00. The average molecular weight is 645 g/mol. The molecule has 8 aromatic rings. The Kier molecular flexibility index (Phi) is 7.70. The number of aromatic nitrogens is 4. The molecule has 6 aromatic carbocycles. The van der Waals surface area contributed by atoms with Gasteiger partial charge in [0.25, 0.3) is 0 Å². The van der Waals surface area contributed by atoms with E-state index in [4.69, 9.17) is 19.9 Å². The molecular weight excluding hydrogens is 609 g/mol. The average Bonchev–Trinajstić information content (AvgIpc) is 3.21. The molecule has 0 radical (unpaired) electrons. The molecule has 1 aliphatic rings. The van der Waals surface area contributed by atoms with Gasteiger partial charge in [0, 0.05) is 39.3 Å². The first kappa shape index (κ1) is 30.1. The fourth-order valence-electron chi connectivity index (χ4n) is 7.82. The summed E-state index contributed by atoms with van der Waals surface area (Å²) in [6.07, 6.45) is 7.88. The fraction of sp³-hybridized carbons (Fsp3) is 0.130. The molecule has 240 valence electrons. The quantitative estimate of drug-likeness (QED) is 0.181. The molecule has 0 amide bonds. The molecule has 0 unspecified atom stereocenters. The number of hydrogen-bond acceptors (Lipinski definition) is 4. The van der Waals surface area contributed by atoms with Gasteiger partial charge in [-0.15, -0.1) is 0 Å². The first-order valence-corrected chi connectivity index (χ1v) is 17.6. The Morgan fingerprint density at radius 2 is 0.960 bits per heavy atom. The molecule has 50 heavy (non-hydrogen) atoms. The predicted molar refractivity (Wildman–Crippen MR) is 205 cm³/mol. The van der Waals surface area contributed by atoms with E-state index in [2.05, 4.69) is 127 Å². The van der Waals surface area contributed by atoms with Gasteiger partial charge in [-0.25, -0.2) is 15.0 Å². The number of rotatable bonds is 6. The zero-order chi connectivity index (χ0) is 33.3. The van der Waals surface area contributed by atoms with E-state index in [0.29, 0.717) is 17.5 Å². The molecule has 0 aliphatic heterocycles. The van der Waals surface area contributed by atoms with Crippen molar-refractivity contribution in [3.8, 4) is 45.3 Å². The molecule has 0 atom stereocenters. The summed E-state index contributed by atoms with van der Waals surface area (Å²) < 4.78 is 0. The number of pyridine rings is 1. The maximum atomic E-state index is 5.06. The van der Waals surface area contributed by atoms with Crippen LogP contribution in [0.1, 0.15) is 43.2 Å². The smallest absolute Gasteiger partial charge is 0.164 e. The van der Waals surface area contributed by atoms with E-state index in [9.17, 15) is 0 Å². The third-order valence-electron chi connectivity index (χ3n) is 10.5. The molecule has 2 aromatic heterocycles. The van der Waals surface area contributed by atoms with Gasteiger partial charge in [0.1, 0.15) is 0 Å². The summed E-state index contributed by atoms with van der Waals surface area (Å²) in [6.45, 7) is 0. The van der Waals surface area contributed by atoms with Crippen molar-refractivity contribution >= 4 is 21.7 Å². The largest absolute Gasteiger partial charge is 0.256 e. The SMILES string of the molecule is c1ccc(-c2nc(-c3ccc(C4(c5ccc(-c6cccc7cccnc67)cc5)CCCCC4)cc3)nc(-c3ccc4ccccc4c3)n2)cc1. The first-order valence-electron chi connectivity index (χ1n) is 17.6. The molecule has 1 fully saturated rings. The second-order valence-electron chi connectivity index (χ2n) is 13.4. The number of fused-ring (bicyclic) bond motifs is 2. The second kappa shape index (κ2) is 12.8. The Balaban J connectivity index is 1.09. The van der Waals surface area contributed by atoms with Crippen molar-refractivity contribution in [3.05, 3.63) is 169 Å². The minimum absolute atomic E-state index is 0.0309. The highest BCUT2D eigenvalue weighted by Crippen LogP contribution is 2.46. The Morgan fingerprint density at radius 1 is 0.400 bits per heavy atom. The molecule has 4 heteroatoms. The lowest BCUT2D eigenvalue weighted by Crippen LogP contribution is -2.30. The van der Waals surface area contributed by atoms with E-state index >= 15 is 0 Å². The van der Waals surface area contributed by atoms with Crippen LogP contribution in [0.4, 0.5) is 0 Å². The molecule has 9 rings (SSSR count). The van der Waals surface area contributed by atoms with Crippen LogP contribution in [-0.4, -0.2) is 19.9 Å². The van der Waals surface area contributed by atoms with Gasteiger partial charge < -0.3 is 0 Å². The third kappa shape index (κ3) is 5.53. The van der Waals surface area contributed by atoms with E-state index in [0.717, 1.165) is 45.8 Å². The molecule has 0 N–H and O–H groups in total. The molecular formula is C46H36N4. The zero-order valence-electron chi connectivity index (χ0n) is 27.8. The standard InChI is InChI=1S/C46H36N4/c1-3-12-35(13-4-1)43-48-44(50-45(49-43)38-19-18-32-11-5-6-14-37(32)31-38)36-22-26-40(27-23-36)46(28-7-2-8-29-46)39-24-20-33(21-25-39)41-17-9-15-34-16-10-30-47-42(34)41/h1,3-6,9-27,30-31H,2,7-8,28-29H2. The third-order valence-corrected chi connectivity index (χ3v) is 10.5. The zero-order valence-corrected chi connectivity index (χ0v) is 27.8. The highest BCUT2D eigenvalue weighted by Gasteiger charge is 2.35. The number of hydrogen-bond donors (Lipinski definition) is 0. The Bertz CT molecular complexity index is 2440. The molecule has 4 nitrogen and oxygen atoms in total. The number of para-hydroxylation sites is 1. The van der Waals surface area contributed by atoms with E-state index in [1.807, 2.05) is 30.5 Å². The van der Waals surface area contributed by atoms with Crippen LogP contribution in [-0.2, 0) is 5.41 Å². The number of nitrogens with zero attached hydrogens (tertiary/aromatic N) is 4. The predicted octanol–water partition coefficient (Wildman–Crippen LogP) is 11.5. The fourth-order valence-corrected chi connectivity index (χ4v) is 7.82. The maximum Gasteiger partial charge on any atom is 0.164 e. The summed E-state index contributed by atoms with van der Waals surface area (Å²) in [4.78, 5) is 19.7. The van der Waals surface area contributed by atoms with Gasteiger partial charge in [-0.2, -0.15) is 0 Å². The summed E-state index contributed by atoms with van der Waals surface area (Å²) in [5.74, 6) is 2.03. The van der Waals surface area contributed by atoms with Gasteiger partial charge in [-0.3, -0.25) is 4.98 Å². The van der Waals surface area contributed by atoms with Gasteiger partial charge >= 0.3 is 0 Å². The number of benzene rings is 6. The van der Waals surface area contributed by atoms with Crippen LogP contribution in [0, 0.1) is 0 Å². The maximum absolute atomic E-state index is 5.06. The minimum Gasteiger partial charge on any atom is -0.256 e. The summed E-state index contributed by atoms with van der Waals surface area (Å²) in [5, 5.41) is 3.52. The lowest BCUT2D eigenvalue weighted by atomic mass is 9.65. The van der Waals surface area contributed by atoms with Crippen molar-refractivity contribution in [2.45, 2.75) is 37.5 Å². The lowest BCUT2D eigenvalue weighted by Gasteiger charge is -2.39. The molecule has 0 bridgehead atoms. The summed E-state index contributed by atoms with van der Waals surface area (Å²) in [5.41, 5.74) is 9.06. The normalized spacial score (nSPS) is 14.2. The van der Waals surface area contributed by atoms with Crippen LogP contribution in [0.5, 0.6) is 0 Å². The monoisotopic (exact) mass is 644 g/mol.